The zero-order chi connectivity index (χ0) is 34.7. The number of likely N-dealkylation sites (N-methyl/N-ethyl adjacent to an activating group) is 1. The molecule has 0 heterocycles. The molecule has 6 N–H and O–H groups in total. The largest absolute Gasteiger partial charge is 0.507 e. The van der Waals surface area contributed by atoms with Gasteiger partial charge in [-0.1, -0.05) is 0 Å². The van der Waals surface area contributed by atoms with Crippen molar-refractivity contribution in [3.63, 3.8) is 0 Å². The van der Waals surface area contributed by atoms with Crippen LogP contribution in [0.25, 0.3) is 0 Å². The third kappa shape index (κ3) is 5.40. The lowest BCUT2D eigenvalue weighted by atomic mass is 9.52. The number of hydrogen-bond donors (Lipinski definition) is 5. The summed E-state index contributed by atoms with van der Waals surface area (Å²) in [6, 6.07) is 7.08. The number of Topliss-reactive ketones (excluding diaryl/α,β-unsaturated/α-hetero) is 4. The number of carbonyl (C=O) groups is 6. The highest BCUT2D eigenvalue weighted by molar-refractivity contribution is 6.32. The van der Waals surface area contributed by atoms with Crippen LogP contribution in [0.1, 0.15) is 27.9 Å². The number of carbonyl (C=O) groups excluding carboxylic acids is 6. The van der Waals surface area contributed by atoms with Crippen molar-refractivity contribution in [2.45, 2.75) is 31.0 Å². The molecule has 14 heteroatoms. The van der Waals surface area contributed by atoms with Gasteiger partial charge in [0, 0.05) is 63.3 Å². The van der Waals surface area contributed by atoms with Crippen LogP contribution in [-0.2, 0) is 32.1 Å². The highest BCUT2D eigenvalue weighted by Crippen LogP contribution is 2.52. The van der Waals surface area contributed by atoms with Crippen LogP contribution in [-0.4, -0.2) is 104 Å². The standard InChI is InChI=1S/C33H40N6O8/c1-37(2)18-9-7-17(8-10-18)36-32(46)35-14-16-13-21(38(3)4)19-11-15-12-20-25(39(5)6)28(42)24(31(34)45)30(44)33(20,47)29(43)22(15)27(41)23(19)26(16)40/h7-10,13,15,20,22,24-25,40,47H,11-12,14H2,1-6H3,(H2,34,45)(H2,35,36,46). The molecule has 3 aliphatic rings. The minimum absolute atomic E-state index is 0.0451. The quantitative estimate of drug-likeness (QED) is 0.259. The second-order valence-corrected chi connectivity index (χ2v) is 13.2. The van der Waals surface area contributed by atoms with Crippen LogP contribution in [0.15, 0.2) is 30.3 Å². The Balaban J connectivity index is 1.48. The van der Waals surface area contributed by atoms with E-state index in [9.17, 15) is 39.0 Å². The molecule has 5 rings (SSSR count). The number of anilines is 3. The van der Waals surface area contributed by atoms with E-state index in [0.29, 0.717) is 16.9 Å². The summed E-state index contributed by atoms with van der Waals surface area (Å²) in [4.78, 5) is 85.2. The molecule has 250 valence electrons. The Labute approximate surface area is 271 Å². The molecule has 2 fully saturated rings. The lowest BCUT2D eigenvalue weighted by Gasteiger charge is -2.52. The van der Waals surface area contributed by atoms with E-state index in [-0.39, 0.29) is 30.5 Å². The number of phenolic OH excluding ortho intramolecular Hbond substituents is 1. The van der Waals surface area contributed by atoms with Gasteiger partial charge in [-0.25, -0.2) is 4.79 Å². The van der Waals surface area contributed by atoms with Gasteiger partial charge in [-0.2, -0.15) is 0 Å². The van der Waals surface area contributed by atoms with Crippen molar-refractivity contribution < 1.29 is 39.0 Å². The Morgan fingerprint density at radius 2 is 1.62 bits per heavy atom. The maximum Gasteiger partial charge on any atom is 0.319 e. The number of nitrogens with zero attached hydrogens (tertiary/aromatic N) is 3. The van der Waals surface area contributed by atoms with Crippen molar-refractivity contribution >= 4 is 52.1 Å². The smallest absolute Gasteiger partial charge is 0.319 e. The topological polar surface area (TPSA) is 203 Å². The first-order chi connectivity index (χ1) is 22.0. The average molecular weight is 649 g/mol. The molecule has 2 aromatic carbocycles. The average Bonchev–Trinajstić information content (AvgIpc) is 2.98. The molecule has 3 aliphatic carbocycles. The van der Waals surface area contributed by atoms with E-state index in [1.807, 2.05) is 31.1 Å². The Morgan fingerprint density at radius 3 is 2.17 bits per heavy atom. The summed E-state index contributed by atoms with van der Waals surface area (Å²) in [7, 11) is 10.4. The van der Waals surface area contributed by atoms with Gasteiger partial charge < -0.3 is 36.4 Å². The van der Waals surface area contributed by atoms with Crippen LogP contribution < -0.4 is 26.2 Å². The zero-order valence-electron chi connectivity index (χ0n) is 27.2. The van der Waals surface area contributed by atoms with Crippen LogP contribution in [0.4, 0.5) is 21.9 Å². The van der Waals surface area contributed by atoms with E-state index >= 15 is 0 Å². The van der Waals surface area contributed by atoms with Crippen molar-refractivity contribution in [1.82, 2.24) is 10.2 Å². The number of ketones is 4. The molecule has 6 atom stereocenters. The minimum Gasteiger partial charge on any atom is -0.507 e. The van der Waals surface area contributed by atoms with Crippen molar-refractivity contribution in [3.05, 3.63) is 47.0 Å². The lowest BCUT2D eigenvalue weighted by molar-refractivity contribution is -0.181. The van der Waals surface area contributed by atoms with Gasteiger partial charge in [0.2, 0.25) is 5.91 Å². The molecule has 0 saturated heterocycles. The number of hydrogen-bond acceptors (Lipinski definition) is 11. The molecule has 2 aromatic rings. The monoisotopic (exact) mass is 648 g/mol. The summed E-state index contributed by atoms with van der Waals surface area (Å²) >= 11 is 0. The minimum atomic E-state index is -2.81. The van der Waals surface area contributed by atoms with Gasteiger partial charge in [0.25, 0.3) is 0 Å². The van der Waals surface area contributed by atoms with Crippen molar-refractivity contribution in [2.24, 2.45) is 29.4 Å². The van der Waals surface area contributed by atoms with Crippen molar-refractivity contribution in [1.29, 1.82) is 0 Å². The Morgan fingerprint density at radius 1 is 0.979 bits per heavy atom. The fourth-order valence-corrected chi connectivity index (χ4v) is 7.43. The van der Waals surface area contributed by atoms with Crippen LogP contribution in [0.2, 0.25) is 0 Å². The number of nitrogens with one attached hydrogen (secondary N) is 2. The maximum absolute atomic E-state index is 14.2. The number of amides is 3. The number of aliphatic hydroxyl groups is 1. The lowest BCUT2D eigenvalue weighted by Crippen LogP contribution is -2.74. The number of phenols is 1. The van der Waals surface area contributed by atoms with Gasteiger partial charge in [-0.3, -0.25) is 28.9 Å². The predicted octanol–water partition coefficient (Wildman–Crippen LogP) is 0.321. The van der Waals surface area contributed by atoms with E-state index in [1.54, 1.807) is 37.2 Å². The summed E-state index contributed by atoms with van der Waals surface area (Å²) in [5.41, 5.74) is 5.18. The summed E-state index contributed by atoms with van der Waals surface area (Å²) in [5, 5.41) is 28.6. The summed E-state index contributed by atoms with van der Waals surface area (Å²) in [5.74, 6) is -11.2. The van der Waals surface area contributed by atoms with Crippen molar-refractivity contribution in [3.8, 4) is 5.75 Å². The highest BCUT2D eigenvalue weighted by Gasteiger charge is 2.69. The van der Waals surface area contributed by atoms with Crippen molar-refractivity contribution in [2.75, 3.05) is 57.4 Å². The van der Waals surface area contributed by atoms with Crippen LogP contribution in [0, 0.1) is 23.7 Å². The third-order valence-corrected chi connectivity index (χ3v) is 9.68. The first-order valence-corrected chi connectivity index (χ1v) is 15.2. The molecule has 0 radical (unpaired) electrons. The molecule has 6 unspecified atom stereocenters. The van der Waals surface area contributed by atoms with Gasteiger partial charge in [0.05, 0.1) is 17.5 Å². The molecule has 0 bridgehead atoms. The Hall–Kier alpha value is -4.82. The van der Waals surface area contributed by atoms with Gasteiger partial charge in [-0.15, -0.1) is 0 Å². The molecule has 2 saturated carbocycles. The second-order valence-electron chi connectivity index (χ2n) is 13.2. The van der Waals surface area contributed by atoms with E-state index < -0.39 is 76.1 Å². The van der Waals surface area contributed by atoms with Gasteiger partial charge in [0.15, 0.2) is 34.7 Å². The molecular weight excluding hydrogens is 608 g/mol. The van der Waals surface area contributed by atoms with E-state index in [2.05, 4.69) is 10.6 Å². The highest BCUT2D eigenvalue weighted by atomic mass is 16.3. The van der Waals surface area contributed by atoms with Crippen LogP contribution in [0.5, 0.6) is 5.75 Å². The third-order valence-electron chi connectivity index (χ3n) is 9.68. The zero-order valence-corrected chi connectivity index (χ0v) is 27.2. The fourth-order valence-electron chi connectivity index (χ4n) is 7.43. The molecule has 47 heavy (non-hydrogen) atoms. The first kappa shape index (κ1) is 33.5. The number of aromatic hydroxyl groups is 1. The summed E-state index contributed by atoms with van der Waals surface area (Å²) in [6.45, 7) is -0.172. The number of nitrogens with two attached hydrogens (primary N) is 1. The summed E-state index contributed by atoms with van der Waals surface area (Å²) < 4.78 is 0. The van der Waals surface area contributed by atoms with E-state index in [1.165, 1.54) is 19.0 Å². The van der Waals surface area contributed by atoms with E-state index in [0.717, 1.165) is 5.69 Å². The second kappa shape index (κ2) is 12.1. The Kier molecular flexibility index (Phi) is 8.62. The normalized spacial score (nSPS) is 26.7. The summed E-state index contributed by atoms with van der Waals surface area (Å²) in [6.07, 6.45) is 0.0839. The number of fused-ring (bicyclic) bond motifs is 3. The molecule has 14 nitrogen and oxygen atoms in total. The number of primary amides is 1. The van der Waals surface area contributed by atoms with Crippen LogP contribution in [0.3, 0.4) is 0 Å². The number of benzene rings is 2. The SMILES string of the molecule is CN(C)c1ccc(NC(=O)NCc2cc(N(C)C)c3c(c2O)C(=O)C2C(=O)C4(O)C(=O)C(C(N)=O)C(=O)C(N(C)C)C4CC2C3)cc1. The van der Waals surface area contributed by atoms with Crippen LogP contribution >= 0.6 is 0 Å². The predicted molar refractivity (Wildman–Crippen MR) is 172 cm³/mol. The van der Waals surface area contributed by atoms with Gasteiger partial charge in [-0.05, 0) is 68.8 Å². The van der Waals surface area contributed by atoms with Gasteiger partial charge >= 0.3 is 6.03 Å². The molecule has 0 aliphatic heterocycles. The van der Waals surface area contributed by atoms with E-state index in [4.69, 9.17) is 5.73 Å². The molecular formula is C33H40N6O8. The van der Waals surface area contributed by atoms with Gasteiger partial charge in [0.1, 0.15) is 5.75 Å². The maximum atomic E-state index is 14.2. The first-order valence-electron chi connectivity index (χ1n) is 15.2. The number of urea groups is 1. The molecule has 0 spiro atoms. The molecule has 3 amide bonds. The fraction of sp³-hybridized carbons (Fsp3) is 0.455. The number of rotatable bonds is 7. The Bertz CT molecular complexity index is 1690. The molecule has 0 aromatic heterocycles.